The third kappa shape index (κ3) is 3.88. The number of rotatable bonds is 4. The Hall–Kier alpha value is -2.49. The summed E-state index contributed by atoms with van der Waals surface area (Å²) in [5.74, 6) is 1.13. The number of carbonyl (C=O) groups excluding carboxylic acids is 1. The van der Waals surface area contributed by atoms with E-state index in [1.807, 2.05) is 31.2 Å². The minimum absolute atomic E-state index is 0.0151. The number of amides is 1. The highest BCUT2D eigenvalue weighted by Crippen LogP contribution is 2.32. The molecule has 0 fully saturated rings. The Kier molecular flexibility index (Phi) is 5.17. The van der Waals surface area contributed by atoms with Crippen LogP contribution in [0.2, 0.25) is 0 Å². The fourth-order valence-corrected chi connectivity index (χ4v) is 2.43. The van der Waals surface area contributed by atoms with Gasteiger partial charge in [-0.1, -0.05) is 32.9 Å². The number of methoxy groups -OCH3 is 2. The van der Waals surface area contributed by atoms with Gasteiger partial charge < -0.3 is 14.8 Å². The van der Waals surface area contributed by atoms with Crippen molar-refractivity contribution in [3.63, 3.8) is 0 Å². The quantitative estimate of drug-likeness (QED) is 0.895. The molecule has 0 spiro atoms. The van der Waals surface area contributed by atoms with Gasteiger partial charge in [-0.15, -0.1) is 0 Å². The van der Waals surface area contributed by atoms with Gasteiger partial charge >= 0.3 is 0 Å². The molecule has 0 bridgehead atoms. The Bertz CT molecular complexity index is 745. The van der Waals surface area contributed by atoms with Crippen LogP contribution in [-0.2, 0) is 5.41 Å². The minimum Gasteiger partial charge on any atom is -0.496 e. The van der Waals surface area contributed by atoms with Crippen LogP contribution in [0.1, 0.15) is 42.3 Å². The SMILES string of the molecule is COc1cc(C(=O)Nc2cc(C(C)(C)C)ccc2OC)ccc1C. The second-order valence-corrected chi connectivity index (χ2v) is 6.80. The van der Waals surface area contributed by atoms with Crippen LogP contribution in [0.25, 0.3) is 0 Å². The van der Waals surface area contributed by atoms with E-state index in [1.54, 1.807) is 26.4 Å². The van der Waals surface area contributed by atoms with Gasteiger partial charge in [0, 0.05) is 5.56 Å². The lowest BCUT2D eigenvalue weighted by Crippen LogP contribution is -2.15. The molecule has 0 aliphatic rings. The Labute approximate surface area is 143 Å². The number of anilines is 1. The first-order valence-electron chi connectivity index (χ1n) is 7.90. The van der Waals surface area contributed by atoms with Crippen molar-refractivity contribution in [3.05, 3.63) is 53.1 Å². The van der Waals surface area contributed by atoms with Crippen molar-refractivity contribution in [2.75, 3.05) is 19.5 Å². The smallest absolute Gasteiger partial charge is 0.255 e. The molecule has 0 radical (unpaired) electrons. The van der Waals surface area contributed by atoms with Crippen molar-refractivity contribution >= 4 is 11.6 Å². The molecule has 2 rings (SSSR count). The topological polar surface area (TPSA) is 47.6 Å². The highest BCUT2D eigenvalue weighted by atomic mass is 16.5. The summed E-state index contributed by atoms with van der Waals surface area (Å²) in [6.45, 7) is 8.33. The first-order chi connectivity index (χ1) is 11.3. The van der Waals surface area contributed by atoms with E-state index in [0.717, 1.165) is 11.1 Å². The van der Waals surface area contributed by atoms with E-state index in [9.17, 15) is 4.79 Å². The van der Waals surface area contributed by atoms with E-state index in [2.05, 4.69) is 26.1 Å². The van der Waals surface area contributed by atoms with Gasteiger partial charge in [-0.05, 0) is 47.7 Å². The maximum atomic E-state index is 12.6. The summed E-state index contributed by atoms with van der Waals surface area (Å²) in [6.07, 6.45) is 0. The van der Waals surface area contributed by atoms with Crippen LogP contribution in [0.15, 0.2) is 36.4 Å². The van der Waals surface area contributed by atoms with Crippen molar-refractivity contribution in [2.24, 2.45) is 0 Å². The fraction of sp³-hybridized carbons (Fsp3) is 0.350. The lowest BCUT2D eigenvalue weighted by Gasteiger charge is -2.21. The molecule has 128 valence electrons. The number of aryl methyl sites for hydroxylation is 1. The maximum Gasteiger partial charge on any atom is 0.255 e. The molecule has 24 heavy (non-hydrogen) atoms. The molecule has 0 aliphatic heterocycles. The lowest BCUT2D eigenvalue weighted by molar-refractivity contribution is 0.102. The maximum absolute atomic E-state index is 12.6. The molecular formula is C20H25NO3. The van der Waals surface area contributed by atoms with Gasteiger partial charge in [-0.25, -0.2) is 0 Å². The molecule has 0 saturated heterocycles. The van der Waals surface area contributed by atoms with E-state index in [-0.39, 0.29) is 11.3 Å². The molecule has 2 aromatic carbocycles. The largest absolute Gasteiger partial charge is 0.496 e. The number of ether oxygens (including phenoxy) is 2. The van der Waals surface area contributed by atoms with Crippen LogP contribution in [0, 0.1) is 6.92 Å². The molecule has 0 aliphatic carbocycles. The highest BCUT2D eigenvalue weighted by molar-refractivity contribution is 6.05. The minimum atomic E-state index is -0.197. The predicted octanol–water partition coefficient (Wildman–Crippen LogP) is 4.56. The third-order valence-corrected chi connectivity index (χ3v) is 3.98. The zero-order valence-electron chi connectivity index (χ0n) is 15.2. The summed E-state index contributed by atoms with van der Waals surface area (Å²) in [6, 6.07) is 11.3. The molecule has 1 N–H and O–H groups in total. The highest BCUT2D eigenvalue weighted by Gasteiger charge is 2.17. The van der Waals surface area contributed by atoms with Crippen LogP contribution in [-0.4, -0.2) is 20.1 Å². The molecular weight excluding hydrogens is 302 g/mol. The Balaban J connectivity index is 2.34. The van der Waals surface area contributed by atoms with Crippen molar-refractivity contribution in [2.45, 2.75) is 33.1 Å². The van der Waals surface area contributed by atoms with E-state index in [0.29, 0.717) is 22.7 Å². The van der Waals surface area contributed by atoms with Crippen LogP contribution in [0.5, 0.6) is 11.5 Å². The molecule has 0 unspecified atom stereocenters. The van der Waals surface area contributed by atoms with Gasteiger partial charge in [-0.2, -0.15) is 0 Å². The summed E-state index contributed by atoms with van der Waals surface area (Å²) in [5, 5.41) is 2.94. The van der Waals surface area contributed by atoms with E-state index in [4.69, 9.17) is 9.47 Å². The van der Waals surface area contributed by atoms with E-state index in [1.165, 1.54) is 0 Å². The van der Waals surface area contributed by atoms with Crippen LogP contribution in [0.3, 0.4) is 0 Å². The van der Waals surface area contributed by atoms with Gasteiger partial charge in [0.15, 0.2) is 0 Å². The number of carbonyl (C=O) groups is 1. The monoisotopic (exact) mass is 327 g/mol. The second kappa shape index (κ2) is 6.95. The van der Waals surface area contributed by atoms with E-state index < -0.39 is 0 Å². The summed E-state index contributed by atoms with van der Waals surface area (Å²) in [7, 11) is 3.19. The van der Waals surface area contributed by atoms with Gasteiger partial charge in [0.1, 0.15) is 11.5 Å². The first kappa shape index (κ1) is 17.9. The summed E-state index contributed by atoms with van der Waals surface area (Å²) in [5.41, 5.74) is 3.30. The number of benzene rings is 2. The van der Waals surface area contributed by atoms with Gasteiger partial charge in [0.05, 0.1) is 19.9 Å². The Morgan fingerprint density at radius 3 is 2.21 bits per heavy atom. The summed E-state index contributed by atoms with van der Waals surface area (Å²) in [4.78, 5) is 12.6. The van der Waals surface area contributed by atoms with Crippen molar-refractivity contribution in [3.8, 4) is 11.5 Å². The van der Waals surface area contributed by atoms with Gasteiger partial charge in [-0.3, -0.25) is 4.79 Å². The zero-order valence-corrected chi connectivity index (χ0v) is 15.2. The summed E-state index contributed by atoms with van der Waals surface area (Å²) < 4.78 is 10.7. The normalized spacial score (nSPS) is 11.1. The number of nitrogens with one attached hydrogen (secondary N) is 1. The molecule has 0 atom stereocenters. The summed E-state index contributed by atoms with van der Waals surface area (Å²) >= 11 is 0. The average molecular weight is 327 g/mol. The first-order valence-corrected chi connectivity index (χ1v) is 7.90. The standard InChI is InChI=1S/C20H25NO3/c1-13-7-8-14(11-18(13)24-6)19(22)21-16-12-15(20(2,3)4)9-10-17(16)23-5/h7-12H,1-6H3,(H,21,22). The van der Waals surface area contributed by atoms with Crippen molar-refractivity contribution in [1.82, 2.24) is 0 Å². The average Bonchev–Trinajstić information content (AvgIpc) is 2.54. The lowest BCUT2D eigenvalue weighted by atomic mass is 9.87. The molecule has 1 amide bonds. The number of hydrogen-bond acceptors (Lipinski definition) is 3. The molecule has 0 heterocycles. The van der Waals surface area contributed by atoms with Crippen LogP contribution in [0.4, 0.5) is 5.69 Å². The Morgan fingerprint density at radius 2 is 1.62 bits per heavy atom. The molecule has 0 aromatic heterocycles. The van der Waals surface area contributed by atoms with E-state index >= 15 is 0 Å². The molecule has 4 heteroatoms. The van der Waals surface area contributed by atoms with Crippen LogP contribution < -0.4 is 14.8 Å². The van der Waals surface area contributed by atoms with Crippen molar-refractivity contribution in [1.29, 1.82) is 0 Å². The second-order valence-electron chi connectivity index (χ2n) is 6.80. The van der Waals surface area contributed by atoms with Crippen molar-refractivity contribution < 1.29 is 14.3 Å². The van der Waals surface area contributed by atoms with Gasteiger partial charge in [0.2, 0.25) is 0 Å². The molecule has 4 nitrogen and oxygen atoms in total. The number of hydrogen-bond donors (Lipinski definition) is 1. The predicted molar refractivity (Wildman–Crippen MR) is 97.4 cm³/mol. The fourth-order valence-electron chi connectivity index (χ4n) is 2.43. The Morgan fingerprint density at radius 1 is 0.958 bits per heavy atom. The van der Waals surface area contributed by atoms with Crippen LogP contribution >= 0.6 is 0 Å². The molecule has 2 aromatic rings. The van der Waals surface area contributed by atoms with Gasteiger partial charge in [0.25, 0.3) is 5.91 Å². The zero-order chi connectivity index (χ0) is 17.9. The third-order valence-electron chi connectivity index (χ3n) is 3.98. The molecule has 0 saturated carbocycles.